The number of anilines is 3. The zero-order valence-corrected chi connectivity index (χ0v) is 36.9. The number of amides is 6. The van der Waals surface area contributed by atoms with Gasteiger partial charge in [-0.05, 0) is 111 Å². The molecule has 4 heterocycles. The second-order valence-electron chi connectivity index (χ2n) is 16.0. The lowest BCUT2D eigenvalue weighted by Crippen LogP contribution is -2.57. The van der Waals surface area contributed by atoms with Gasteiger partial charge in [0.25, 0.3) is 11.8 Å². The van der Waals surface area contributed by atoms with Crippen LogP contribution in [0.4, 0.5) is 26.7 Å². The minimum absolute atomic E-state index is 0.0252. The van der Waals surface area contributed by atoms with E-state index in [0.29, 0.717) is 31.6 Å². The van der Waals surface area contributed by atoms with Crippen LogP contribution in [0.2, 0.25) is 0 Å². The number of benzene rings is 3. The van der Waals surface area contributed by atoms with Gasteiger partial charge in [0.1, 0.15) is 12.4 Å². The number of Topliss-reactive ketones (excluding diaryl/α,β-unsaturated/α-hetero) is 2. The van der Waals surface area contributed by atoms with Gasteiger partial charge in [0.05, 0.1) is 43.6 Å². The summed E-state index contributed by atoms with van der Waals surface area (Å²) in [7, 11) is 0. The SMILES string of the molecule is O=C(CCCNC(=O)OCc1cccc(NC(=O)NC2C(=O)N(CC(=O)c3ccco3)c3ccccc3N(CC(=O)c3ccco3)C2=O)c1)NCCCOc1cccc(CN2CCCCC2)c1. The zero-order valence-electron chi connectivity index (χ0n) is 36.9. The zero-order chi connectivity index (χ0) is 47.0. The molecule has 2 aliphatic heterocycles. The number of piperidine rings is 1. The topological polar surface area (TPSA) is 222 Å². The first-order valence-electron chi connectivity index (χ1n) is 22.2. The lowest BCUT2D eigenvalue weighted by Gasteiger charge is -2.26. The fourth-order valence-electron chi connectivity index (χ4n) is 7.71. The highest BCUT2D eigenvalue weighted by Crippen LogP contribution is 2.34. The van der Waals surface area contributed by atoms with Crippen LogP contribution in [0, 0.1) is 0 Å². The first kappa shape index (κ1) is 47.2. The van der Waals surface area contributed by atoms with Gasteiger partial charge in [0.2, 0.25) is 17.5 Å². The summed E-state index contributed by atoms with van der Waals surface area (Å²) in [5.74, 6) is -2.39. The highest BCUT2D eigenvalue weighted by atomic mass is 16.5. The number of urea groups is 1. The van der Waals surface area contributed by atoms with Crippen molar-refractivity contribution in [2.75, 3.05) is 61.0 Å². The van der Waals surface area contributed by atoms with Crippen molar-refractivity contribution in [3.8, 4) is 5.75 Å². The molecule has 3 aromatic carbocycles. The van der Waals surface area contributed by atoms with Crippen LogP contribution in [0.15, 0.2) is 118 Å². The lowest BCUT2D eigenvalue weighted by atomic mass is 10.1. The predicted octanol–water partition coefficient (Wildman–Crippen LogP) is 6.09. The number of hydrogen-bond donors (Lipinski definition) is 4. The normalized spacial score (nSPS) is 14.1. The number of furan rings is 2. The number of hydrogen-bond acceptors (Lipinski definition) is 12. The quantitative estimate of drug-likeness (QED) is 0.0374. The van der Waals surface area contributed by atoms with E-state index in [1.807, 2.05) is 12.1 Å². The Morgan fingerprint density at radius 1 is 0.672 bits per heavy atom. The van der Waals surface area contributed by atoms with E-state index in [0.717, 1.165) is 35.2 Å². The number of alkyl carbamates (subject to hydrolysis) is 1. The first-order chi connectivity index (χ1) is 32.6. The fourth-order valence-corrected chi connectivity index (χ4v) is 7.71. The Labute approximate surface area is 386 Å². The third kappa shape index (κ3) is 13.4. The van der Waals surface area contributed by atoms with E-state index >= 15 is 0 Å². The average molecular weight is 916 g/mol. The number of carbonyl (C=O) groups excluding carboxylic acids is 7. The number of ketones is 2. The van der Waals surface area contributed by atoms with Crippen molar-refractivity contribution in [1.29, 1.82) is 0 Å². The molecule has 1 fully saturated rings. The molecule has 0 bridgehead atoms. The maximum absolute atomic E-state index is 14.2. The number of nitrogens with one attached hydrogen (secondary N) is 4. The number of fused-ring (bicyclic) bond motifs is 1. The van der Waals surface area contributed by atoms with E-state index in [-0.39, 0.29) is 54.1 Å². The van der Waals surface area contributed by atoms with E-state index in [9.17, 15) is 33.6 Å². The van der Waals surface area contributed by atoms with Gasteiger partial charge in [-0.2, -0.15) is 0 Å². The average Bonchev–Trinajstić information content (AvgIpc) is 4.08. The second kappa shape index (κ2) is 23.5. The van der Waals surface area contributed by atoms with Crippen molar-refractivity contribution in [3.63, 3.8) is 0 Å². The lowest BCUT2D eigenvalue weighted by molar-refractivity contribution is -0.129. The molecule has 7 rings (SSSR count). The van der Waals surface area contributed by atoms with Crippen molar-refractivity contribution in [2.24, 2.45) is 0 Å². The van der Waals surface area contributed by atoms with Gasteiger partial charge < -0.3 is 49.4 Å². The number of para-hydroxylation sites is 2. The molecule has 18 nitrogen and oxygen atoms in total. The van der Waals surface area contributed by atoms with Crippen molar-refractivity contribution in [1.82, 2.24) is 20.9 Å². The molecule has 0 atom stereocenters. The summed E-state index contributed by atoms with van der Waals surface area (Å²) < 4.78 is 21.7. The summed E-state index contributed by atoms with van der Waals surface area (Å²) in [6, 6.07) is 23.8. The minimum Gasteiger partial charge on any atom is -0.494 e. The van der Waals surface area contributed by atoms with E-state index < -0.39 is 54.6 Å². The Hall–Kier alpha value is -7.73. The second-order valence-corrected chi connectivity index (χ2v) is 16.0. The molecule has 0 unspecified atom stereocenters. The van der Waals surface area contributed by atoms with Gasteiger partial charge in [0, 0.05) is 31.7 Å². The summed E-state index contributed by atoms with van der Waals surface area (Å²) in [5, 5.41) is 10.5. The molecule has 0 spiro atoms. The van der Waals surface area contributed by atoms with E-state index in [1.54, 1.807) is 30.3 Å². The molecule has 0 aliphatic carbocycles. The minimum atomic E-state index is -1.88. The molecular formula is C49H53N7O11. The largest absolute Gasteiger partial charge is 0.494 e. The van der Waals surface area contributed by atoms with Crippen molar-refractivity contribution < 1.29 is 51.9 Å². The van der Waals surface area contributed by atoms with Crippen LogP contribution >= 0.6 is 0 Å². The summed E-state index contributed by atoms with van der Waals surface area (Å²) in [6.07, 6.45) is 6.96. The van der Waals surface area contributed by atoms with Gasteiger partial charge >= 0.3 is 12.1 Å². The number of ether oxygens (including phenoxy) is 2. The Morgan fingerprint density at radius 3 is 1.97 bits per heavy atom. The van der Waals surface area contributed by atoms with Crippen molar-refractivity contribution in [3.05, 3.63) is 132 Å². The number of likely N-dealkylation sites (tertiary alicyclic amines) is 1. The Kier molecular flexibility index (Phi) is 16.5. The monoisotopic (exact) mass is 915 g/mol. The third-order valence-electron chi connectivity index (χ3n) is 11.0. The van der Waals surface area contributed by atoms with Crippen LogP contribution in [0.3, 0.4) is 0 Å². The molecule has 5 aromatic rings. The summed E-state index contributed by atoms with van der Waals surface area (Å²) in [6.45, 7) is 3.06. The van der Waals surface area contributed by atoms with Crippen LogP contribution in [0.25, 0.3) is 0 Å². The smallest absolute Gasteiger partial charge is 0.407 e. The summed E-state index contributed by atoms with van der Waals surface area (Å²) >= 11 is 0. The van der Waals surface area contributed by atoms with Gasteiger partial charge in [-0.15, -0.1) is 0 Å². The van der Waals surface area contributed by atoms with E-state index in [1.165, 1.54) is 79.8 Å². The van der Waals surface area contributed by atoms with Gasteiger partial charge in [0.15, 0.2) is 17.6 Å². The van der Waals surface area contributed by atoms with Gasteiger partial charge in [-0.1, -0.05) is 42.8 Å². The molecule has 18 heteroatoms. The Morgan fingerprint density at radius 2 is 1.31 bits per heavy atom. The molecule has 2 aromatic heterocycles. The van der Waals surface area contributed by atoms with Crippen molar-refractivity contribution in [2.45, 2.75) is 57.7 Å². The standard InChI is InChI=1S/C49H53N7O11/c57-40(42-18-9-25-65-42)31-55-38-16-2-3-17-39(38)56(32-41(58)43-19-10-26-66-43)47(61)45(46(55)60)53-48(62)52-36-14-6-13-35(28-36)33-67-49(63)51-21-8-20-44(59)50-22-11-27-64-37-15-7-12-34(29-37)30-54-23-4-1-5-24-54/h2-3,6-7,9-10,12-19,25-26,28-29,45H,1,4-5,8,11,20-24,27,30-33H2,(H,50,59)(H,51,63)(H2,52,53,62). The van der Waals surface area contributed by atoms with E-state index in [4.69, 9.17) is 18.3 Å². The molecule has 1 saturated heterocycles. The number of nitrogens with zero attached hydrogens (tertiary/aromatic N) is 3. The van der Waals surface area contributed by atoms with E-state index in [2.05, 4.69) is 38.3 Å². The molecule has 0 radical (unpaired) electrons. The maximum Gasteiger partial charge on any atom is 0.407 e. The predicted molar refractivity (Wildman–Crippen MR) is 246 cm³/mol. The number of rotatable bonds is 21. The Bertz CT molecular complexity index is 2420. The van der Waals surface area contributed by atoms with Crippen LogP contribution < -0.4 is 35.8 Å². The molecule has 4 N–H and O–H groups in total. The summed E-state index contributed by atoms with van der Waals surface area (Å²) in [4.78, 5) is 97.9. The fraction of sp³-hybridized carbons (Fsp3) is 0.327. The number of carbonyl (C=O) groups is 7. The first-order valence-corrected chi connectivity index (χ1v) is 22.2. The molecular weight excluding hydrogens is 863 g/mol. The molecule has 0 saturated carbocycles. The van der Waals surface area contributed by atoms with Gasteiger partial charge in [-0.3, -0.25) is 28.9 Å². The molecule has 350 valence electrons. The van der Waals surface area contributed by atoms with Crippen molar-refractivity contribution >= 4 is 58.5 Å². The maximum atomic E-state index is 14.2. The Balaban J connectivity index is 0.853. The molecule has 6 amide bonds. The van der Waals surface area contributed by atoms with Crippen LogP contribution in [0.5, 0.6) is 5.75 Å². The molecule has 67 heavy (non-hydrogen) atoms. The molecule has 2 aliphatic rings. The third-order valence-corrected chi connectivity index (χ3v) is 11.0. The van der Waals surface area contributed by atoms with Gasteiger partial charge in [-0.25, -0.2) is 9.59 Å². The van der Waals surface area contributed by atoms with Crippen LogP contribution in [0.1, 0.15) is 70.8 Å². The highest BCUT2D eigenvalue weighted by molar-refractivity contribution is 6.24. The van der Waals surface area contributed by atoms with Crippen LogP contribution in [-0.2, 0) is 32.3 Å². The summed E-state index contributed by atoms with van der Waals surface area (Å²) in [5.41, 5.74) is 2.26. The highest BCUT2D eigenvalue weighted by Gasteiger charge is 2.43. The van der Waals surface area contributed by atoms with Crippen LogP contribution in [-0.4, -0.2) is 98.2 Å².